The second-order valence-corrected chi connectivity index (χ2v) is 3.93. The van der Waals surface area contributed by atoms with E-state index < -0.39 is 36.9 Å². The number of aliphatic hydroxyl groups excluding tert-OH is 5. The minimum atomic E-state index is -2.03. The van der Waals surface area contributed by atoms with Gasteiger partial charge in [-0.1, -0.05) is 0 Å². The second-order valence-electron chi connectivity index (χ2n) is 3.93. The Bertz CT molecular complexity index is 434. The van der Waals surface area contributed by atoms with Gasteiger partial charge in [0.15, 0.2) is 6.10 Å². The molecule has 0 bridgehead atoms. The largest absolute Gasteiger partial charge is 0.463 e. The van der Waals surface area contributed by atoms with E-state index in [1.54, 1.807) is 12.1 Å². The molecule has 0 unspecified atom stereocenters. The third-order valence-electron chi connectivity index (χ3n) is 2.43. The molecule has 0 fully saturated rings. The van der Waals surface area contributed by atoms with E-state index in [1.807, 2.05) is 5.43 Å². The van der Waals surface area contributed by atoms with Crippen molar-refractivity contribution in [1.82, 2.24) is 5.43 Å². The Hall–Kier alpha value is -1.78. The van der Waals surface area contributed by atoms with E-state index in [9.17, 15) is 20.1 Å². The molecular formula is C11H16N2O7. The van der Waals surface area contributed by atoms with Crippen LogP contribution in [0.15, 0.2) is 27.9 Å². The van der Waals surface area contributed by atoms with Gasteiger partial charge in [0, 0.05) is 0 Å². The Morgan fingerprint density at radius 2 is 2.05 bits per heavy atom. The van der Waals surface area contributed by atoms with Gasteiger partial charge >= 0.3 is 0 Å². The van der Waals surface area contributed by atoms with Gasteiger partial charge in [0.1, 0.15) is 24.1 Å². The fraction of sp³-hybridized carbons (Fsp3) is 0.455. The number of hydrogen-bond donors (Lipinski definition) is 6. The number of amides is 1. The topological polar surface area (TPSA) is 156 Å². The standard InChI is InChI=1S/C11H16N2O7/c14-5-7(15)8(16)9(17)10(18)11(19)13-12-4-6-2-1-3-20-6/h1-4,7-10,14-18H,5H2,(H,13,19)/b12-4-/t7-,8-,9+,10+/m0/s1. The van der Waals surface area contributed by atoms with Crippen molar-refractivity contribution in [3.63, 3.8) is 0 Å². The number of carbonyl (C=O) groups is 1. The van der Waals surface area contributed by atoms with Crippen molar-refractivity contribution in [1.29, 1.82) is 0 Å². The molecule has 1 amide bonds. The molecule has 112 valence electrons. The molecule has 0 aliphatic heterocycles. The van der Waals surface area contributed by atoms with Crippen LogP contribution in [0.25, 0.3) is 0 Å². The lowest BCUT2D eigenvalue weighted by molar-refractivity contribution is -0.148. The van der Waals surface area contributed by atoms with Gasteiger partial charge in [-0.2, -0.15) is 5.10 Å². The summed E-state index contributed by atoms with van der Waals surface area (Å²) in [6.07, 6.45) is -5.01. The summed E-state index contributed by atoms with van der Waals surface area (Å²) >= 11 is 0. The van der Waals surface area contributed by atoms with Crippen molar-refractivity contribution >= 4 is 12.1 Å². The van der Waals surface area contributed by atoms with E-state index in [2.05, 4.69) is 5.10 Å². The van der Waals surface area contributed by atoms with Crippen LogP contribution in [0.3, 0.4) is 0 Å². The highest BCUT2D eigenvalue weighted by molar-refractivity contribution is 5.83. The quantitative estimate of drug-likeness (QED) is 0.233. The predicted octanol–water partition coefficient (Wildman–Crippen LogP) is -2.83. The van der Waals surface area contributed by atoms with Gasteiger partial charge in [-0.05, 0) is 12.1 Å². The van der Waals surface area contributed by atoms with E-state index >= 15 is 0 Å². The summed E-state index contributed by atoms with van der Waals surface area (Å²) in [6.45, 7) is -0.830. The van der Waals surface area contributed by atoms with Crippen molar-refractivity contribution in [2.24, 2.45) is 5.10 Å². The molecule has 0 saturated heterocycles. The van der Waals surface area contributed by atoms with Crippen LogP contribution in [0, 0.1) is 0 Å². The molecule has 0 radical (unpaired) electrons. The van der Waals surface area contributed by atoms with Gasteiger partial charge < -0.3 is 29.9 Å². The predicted molar refractivity (Wildman–Crippen MR) is 65.6 cm³/mol. The third-order valence-corrected chi connectivity index (χ3v) is 2.43. The molecule has 4 atom stereocenters. The normalized spacial score (nSPS) is 17.6. The number of rotatable bonds is 7. The van der Waals surface area contributed by atoms with Crippen molar-refractivity contribution < 1.29 is 34.7 Å². The summed E-state index contributed by atoms with van der Waals surface area (Å²) in [5.41, 5.74) is 1.92. The minimum absolute atomic E-state index is 0.357. The molecule has 0 aliphatic carbocycles. The van der Waals surface area contributed by atoms with Crippen LogP contribution in [0.1, 0.15) is 5.76 Å². The Labute approximate surface area is 113 Å². The van der Waals surface area contributed by atoms with Crippen molar-refractivity contribution in [3.8, 4) is 0 Å². The maximum Gasteiger partial charge on any atom is 0.271 e. The first-order chi connectivity index (χ1) is 9.47. The molecule has 20 heavy (non-hydrogen) atoms. The van der Waals surface area contributed by atoms with E-state index in [-0.39, 0.29) is 0 Å². The van der Waals surface area contributed by atoms with Crippen molar-refractivity contribution in [2.75, 3.05) is 6.61 Å². The monoisotopic (exact) mass is 288 g/mol. The number of furan rings is 1. The molecule has 6 N–H and O–H groups in total. The van der Waals surface area contributed by atoms with E-state index in [4.69, 9.17) is 14.6 Å². The van der Waals surface area contributed by atoms with E-state index in [1.165, 1.54) is 6.26 Å². The van der Waals surface area contributed by atoms with Crippen LogP contribution in [0.2, 0.25) is 0 Å². The molecule has 9 heteroatoms. The smallest absolute Gasteiger partial charge is 0.271 e. The summed E-state index contributed by atoms with van der Waals surface area (Å²) in [7, 11) is 0. The molecule has 0 aromatic carbocycles. The molecule has 0 spiro atoms. The van der Waals surface area contributed by atoms with Gasteiger partial charge in [-0.25, -0.2) is 5.43 Å². The SMILES string of the molecule is O=C(N/N=C\c1ccco1)[C@H](O)[C@H](O)[C@@H](O)[C@@H](O)CO. The number of nitrogens with zero attached hydrogens (tertiary/aromatic N) is 1. The third kappa shape index (κ3) is 4.40. The number of hydrazone groups is 1. The van der Waals surface area contributed by atoms with Gasteiger partial charge in [0.25, 0.3) is 5.91 Å². The average molecular weight is 288 g/mol. The number of hydrogen-bond acceptors (Lipinski definition) is 8. The molecular weight excluding hydrogens is 272 g/mol. The molecule has 1 heterocycles. The molecule has 1 rings (SSSR count). The number of carbonyl (C=O) groups excluding carboxylic acids is 1. The van der Waals surface area contributed by atoms with Crippen molar-refractivity contribution in [2.45, 2.75) is 24.4 Å². The van der Waals surface area contributed by atoms with Gasteiger partial charge in [-0.15, -0.1) is 0 Å². The van der Waals surface area contributed by atoms with Crippen LogP contribution in [-0.4, -0.2) is 68.7 Å². The molecule has 0 aliphatic rings. The number of aliphatic hydroxyl groups is 5. The fourth-order valence-corrected chi connectivity index (χ4v) is 1.27. The summed E-state index contributed by atoms with van der Waals surface area (Å²) in [6, 6.07) is 3.18. The molecule has 1 aromatic heterocycles. The van der Waals surface area contributed by atoms with Crippen molar-refractivity contribution in [3.05, 3.63) is 24.2 Å². The van der Waals surface area contributed by atoms with Gasteiger partial charge in [0.2, 0.25) is 0 Å². The van der Waals surface area contributed by atoms with Crippen LogP contribution < -0.4 is 5.43 Å². The summed E-state index contributed by atoms with van der Waals surface area (Å²) in [5, 5.41) is 49.3. The summed E-state index contributed by atoms with van der Waals surface area (Å²) in [4.78, 5) is 11.4. The van der Waals surface area contributed by atoms with Crippen LogP contribution in [-0.2, 0) is 4.79 Å². The van der Waals surface area contributed by atoms with Crippen LogP contribution in [0.5, 0.6) is 0 Å². The Kier molecular flexibility index (Phi) is 6.28. The second kappa shape index (κ2) is 7.72. The summed E-state index contributed by atoms with van der Waals surface area (Å²) in [5.74, 6) is -0.736. The Morgan fingerprint density at radius 1 is 1.35 bits per heavy atom. The Balaban J connectivity index is 2.49. The fourth-order valence-electron chi connectivity index (χ4n) is 1.27. The highest BCUT2D eigenvalue weighted by atomic mass is 16.4. The highest BCUT2D eigenvalue weighted by Crippen LogP contribution is 2.05. The lowest BCUT2D eigenvalue weighted by Gasteiger charge is -2.24. The zero-order valence-corrected chi connectivity index (χ0v) is 10.3. The zero-order chi connectivity index (χ0) is 15.1. The molecule has 9 nitrogen and oxygen atoms in total. The summed E-state index contributed by atoms with van der Waals surface area (Å²) < 4.78 is 4.89. The first-order valence-corrected chi connectivity index (χ1v) is 5.67. The lowest BCUT2D eigenvalue weighted by atomic mass is 10.0. The van der Waals surface area contributed by atoms with E-state index in [0.717, 1.165) is 6.21 Å². The molecule has 1 aromatic rings. The zero-order valence-electron chi connectivity index (χ0n) is 10.3. The number of nitrogens with one attached hydrogen (secondary N) is 1. The van der Waals surface area contributed by atoms with Gasteiger partial charge in [-0.3, -0.25) is 4.79 Å². The van der Waals surface area contributed by atoms with Crippen LogP contribution >= 0.6 is 0 Å². The minimum Gasteiger partial charge on any atom is -0.463 e. The highest BCUT2D eigenvalue weighted by Gasteiger charge is 2.34. The average Bonchev–Trinajstić information content (AvgIpc) is 2.97. The van der Waals surface area contributed by atoms with Gasteiger partial charge in [0.05, 0.1) is 19.1 Å². The maximum absolute atomic E-state index is 11.4. The first-order valence-electron chi connectivity index (χ1n) is 5.67. The molecule has 0 saturated carbocycles. The maximum atomic E-state index is 11.4. The van der Waals surface area contributed by atoms with E-state index in [0.29, 0.717) is 5.76 Å². The van der Waals surface area contributed by atoms with Crippen LogP contribution in [0.4, 0.5) is 0 Å². The Morgan fingerprint density at radius 3 is 2.60 bits per heavy atom. The first kappa shape index (κ1) is 16.3. The lowest BCUT2D eigenvalue weighted by Crippen LogP contribution is -2.50.